The molecule has 1 heterocycles. The summed E-state index contributed by atoms with van der Waals surface area (Å²) in [6.07, 6.45) is -4.13. The van der Waals surface area contributed by atoms with Crippen molar-refractivity contribution in [2.24, 2.45) is 0 Å². The van der Waals surface area contributed by atoms with Crippen LogP contribution in [0.2, 0.25) is 0 Å². The molecule has 0 saturated carbocycles. The summed E-state index contributed by atoms with van der Waals surface area (Å²) in [5, 5.41) is 9.52. The van der Waals surface area contributed by atoms with Crippen LogP contribution < -0.4 is 5.32 Å². The van der Waals surface area contributed by atoms with Crippen LogP contribution in [0.5, 0.6) is 0 Å². The Morgan fingerprint density at radius 3 is 2.50 bits per heavy atom. The Morgan fingerprint density at radius 2 is 1.92 bits per heavy atom. The molecule has 0 saturated heterocycles. The van der Waals surface area contributed by atoms with Gasteiger partial charge in [-0.3, -0.25) is 9.89 Å². The number of alkyl halides is 3. The zero-order valence-electron chi connectivity index (χ0n) is 13.1. The van der Waals surface area contributed by atoms with Crippen LogP contribution in [0.1, 0.15) is 22.5 Å². The van der Waals surface area contributed by atoms with Crippen LogP contribution in [0.25, 0.3) is 0 Å². The lowest BCUT2D eigenvalue weighted by Crippen LogP contribution is -2.24. The lowest BCUT2D eigenvalue weighted by Gasteiger charge is -2.08. The van der Waals surface area contributed by atoms with E-state index in [0.29, 0.717) is 17.8 Å². The molecule has 1 aromatic heterocycles. The van der Waals surface area contributed by atoms with Crippen LogP contribution in [0, 0.1) is 6.92 Å². The second kappa shape index (κ2) is 7.96. The molecule has 0 aliphatic heterocycles. The highest BCUT2D eigenvalue weighted by Crippen LogP contribution is 2.15. The van der Waals surface area contributed by atoms with Gasteiger partial charge in [-0.25, -0.2) is 0 Å². The van der Waals surface area contributed by atoms with Gasteiger partial charge in [0.05, 0.1) is 18.7 Å². The number of carbonyl (C=O) groups excluding carboxylic acids is 1. The molecule has 1 aromatic carbocycles. The number of nitrogens with zero attached hydrogens (tertiary/aromatic N) is 1. The lowest BCUT2D eigenvalue weighted by atomic mass is 10.1. The molecule has 0 fully saturated rings. The second-order valence-electron chi connectivity index (χ2n) is 5.42. The number of aromatic amines is 1. The molecule has 0 unspecified atom stereocenters. The van der Waals surface area contributed by atoms with Gasteiger partial charge < -0.3 is 10.1 Å². The summed E-state index contributed by atoms with van der Waals surface area (Å²) in [6.45, 7) is 0.822. The number of hydrogen-bond donors (Lipinski definition) is 2. The molecule has 1 amide bonds. The monoisotopic (exact) mass is 341 g/mol. The first-order valence-electron chi connectivity index (χ1n) is 7.32. The maximum Gasteiger partial charge on any atom is 0.411 e. The number of amides is 1. The van der Waals surface area contributed by atoms with Crippen LogP contribution in [0.15, 0.2) is 30.3 Å². The summed E-state index contributed by atoms with van der Waals surface area (Å²) in [5.41, 5.74) is 3.05. The van der Waals surface area contributed by atoms with Gasteiger partial charge in [0.1, 0.15) is 6.61 Å². The van der Waals surface area contributed by atoms with Gasteiger partial charge in [0, 0.05) is 12.2 Å². The van der Waals surface area contributed by atoms with E-state index in [4.69, 9.17) is 0 Å². The van der Waals surface area contributed by atoms with E-state index in [9.17, 15) is 18.0 Å². The number of aromatic nitrogens is 2. The SMILES string of the molecule is Cc1cc(CC(=O)NCc2ccc(COCC(F)(F)F)cc2)n[nH]1. The van der Waals surface area contributed by atoms with Crippen molar-refractivity contribution in [3.8, 4) is 0 Å². The van der Waals surface area contributed by atoms with Gasteiger partial charge in [0.2, 0.25) is 5.91 Å². The molecule has 130 valence electrons. The number of carbonyl (C=O) groups is 1. The third-order valence-corrected chi connectivity index (χ3v) is 3.15. The normalized spacial score (nSPS) is 11.5. The maximum atomic E-state index is 12.0. The zero-order valence-corrected chi connectivity index (χ0v) is 13.1. The van der Waals surface area contributed by atoms with Gasteiger partial charge in [-0.2, -0.15) is 18.3 Å². The van der Waals surface area contributed by atoms with Crippen molar-refractivity contribution >= 4 is 5.91 Å². The van der Waals surface area contributed by atoms with E-state index in [0.717, 1.165) is 11.3 Å². The van der Waals surface area contributed by atoms with E-state index < -0.39 is 12.8 Å². The number of hydrogen-bond acceptors (Lipinski definition) is 3. The smallest absolute Gasteiger partial charge is 0.367 e. The Kier molecular flexibility index (Phi) is 5.97. The van der Waals surface area contributed by atoms with E-state index in [1.807, 2.05) is 6.92 Å². The summed E-state index contributed by atoms with van der Waals surface area (Å²) in [5.74, 6) is -0.154. The topological polar surface area (TPSA) is 67.0 Å². The second-order valence-corrected chi connectivity index (χ2v) is 5.42. The minimum atomic E-state index is -4.32. The number of nitrogens with one attached hydrogen (secondary N) is 2. The van der Waals surface area contributed by atoms with Crippen LogP contribution in [0.3, 0.4) is 0 Å². The van der Waals surface area contributed by atoms with Gasteiger partial charge in [-0.05, 0) is 24.1 Å². The summed E-state index contributed by atoms with van der Waals surface area (Å²) in [6, 6.07) is 8.63. The van der Waals surface area contributed by atoms with Gasteiger partial charge in [0.25, 0.3) is 0 Å². The summed E-state index contributed by atoms with van der Waals surface area (Å²) >= 11 is 0. The van der Waals surface area contributed by atoms with E-state index in [2.05, 4.69) is 20.3 Å². The van der Waals surface area contributed by atoms with E-state index in [-0.39, 0.29) is 18.9 Å². The fraction of sp³-hybridized carbons (Fsp3) is 0.375. The Balaban J connectivity index is 1.74. The first-order valence-corrected chi connectivity index (χ1v) is 7.32. The maximum absolute atomic E-state index is 12.0. The highest BCUT2D eigenvalue weighted by Gasteiger charge is 2.27. The third kappa shape index (κ3) is 6.41. The molecule has 5 nitrogen and oxygen atoms in total. The fourth-order valence-corrected chi connectivity index (χ4v) is 2.03. The van der Waals surface area contributed by atoms with Crippen molar-refractivity contribution in [3.05, 3.63) is 52.8 Å². The van der Waals surface area contributed by atoms with Crippen molar-refractivity contribution in [2.45, 2.75) is 32.7 Å². The van der Waals surface area contributed by atoms with Crippen LogP contribution >= 0.6 is 0 Å². The van der Waals surface area contributed by atoms with Crippen LogP contribution in [0.4, 0.5) is 13.2 Å². The highest BCUT2D eigenvalue weighted by atomic mass is 19.4. The predicted octanol–water partition coefficient (Wildman–Crippen LogP) is 2.66. The first-order chi connectivity index (χ1) is 11.3. The standard InChI is InChI=1S/C16H18F3N3O2/c1-11-6-14(22-21-11)7-15(23)20-8-12-2-4-13(5-3-12)9-24-10-16(17,18)19/h2-6H,7-10H2,1H3,(H,20,23)(H,21,22). The van der Waals surface area contributed by atoms with E-state index in [1.165, 1.54) is 0 Å². The highest BCUT2D eigenvalue weighted by molar-refractivity contribution is 5.78. The third-order valence-electron chi connectivity index (χ3n) is 3.15. The quantitative estimate of drug-likeness (QED) is 0.814. The molecular formula is C16H18F3N3O2. The first kappa shape index (κ1) is 18.0. The molecule has 0 aliphatic rings. The Labute approximate surface area is 137 Å². The molecule has 0 radical (unpaired) electrons. The molecule has 2 N–H and O–H groups in total. The lowest BCUT2D eigenvalue weighted by molar-refractivity contribution is -0.176. The van der Waals surface area contributed by atoms with Crippen LogP contribution in [-0.4, -0.2) is 28.9 Å². The Hall–Kier alpha value is -2.35. The van der Waals surface area contributed by atoms with Crippen molar-refractivity contribution in [2.75, 3.05) is 6.61 Å². The minimum absolute atomic E-state index is 0.106. The van der Waals surface area contributed by atoms with Crippen molar-refractivity contribution in [1.29, 1.82) is 0 Å². The molecule has 0 aliphatic carbocycles. The number of aryl methyl sites for hydroxylation is 1. The van der Waals surface area contributed by atoms with Gasteiger partial charge in [-0.1, -0.05) is 24.3 Å². The van der Waals surface area contributed by atoms with Crippen LogP contribution in [-0.2, 0) is 29.1 Å². The van der Waals surface area contributed by atoms with Crippen molar-refractivity contribution < 1.29 is 22.7 Å². The summed E-state index contributed by atoms with van der Waals surface area (Å²) < 4.78 is 40.5. The Morgan fingerprint density at radius 1 is 1.25 bits per heavy atom. The molecule has 24 heavy (non-hydrogen) atoms. The fourth-order valence-electron chi connectivity index (χ4n) is 2.03. The van der Waals surface area contributed by atoms with Crippen molar-refractivity contribution in [1.82, 2.24) is 15.5 Å². The molecule has 0 spiro atoms. The van der Waals surface area contributed by atoms with E-state index in [1.54, 1.807) is 30.3 Å². The molecule has 8 heteroatoms. The number of H-pyrrole nitrogens is 1. The predicted molar refractivity (Wildman–Crippen MR) is 81.0 cm³/mol. The number of rotatable bonds is 7. The summed E-state index contributed by atoms with van der Waals surface area (Å²) in [4.78, 5) is 11.8. The molecule has 2 rings (SSSR count). The Bertz CT molecular complexity index is 666. The largest absolute Gasteiger partial charge is 0.411 e. The molecule has 0 bridgehead atoms. The van der Waals surface area contributed by atoms with Gasteiger partial charge >= 0.3 is 6.18 Å². The minimum Gasteiger partial charge on any atom is -0.367 e. The zero-order chi connectivity index (χ0) is 17.6. The summed E-state index contributed by atoms with van der Waals surface area (Å²) in [7, 11) is 0. The number of ether oxygens (including phenoxy) is 1. The van der Waals surface area contributed by atoms with E-state index >= 15 is 0 Å². The molecular weight excluding hydrogens is 323 g/mol. The van der Waals surface area contributed by atoms with Crippen molar-refractivity contribution in [3.63, 3.8) is 0 Å². The number of benzene rings is 1. The van der Waals surface area contributed by atoms with Gasteiger partial charge in [-0.15, -0.1) is 0 Å². The average molecular weight is 341 g/mol. The average Bonchev–Trinajstić information content (AvgIpc) is 2.90. The molecule has 2 aromatic rings. The number of halogens is 3. The van der Waals surface area contributed by atoms with Gasteiger partial charge in [0.15, 0.2) is 0 Å². The molecule has 0 atom stereocenters.